The fourth-order valence-corrected chi connectivity index (χ4v) is 3.37. The second kappa shape index (κ2) is 6.71. The third-order valence-corrected chi connectivity index (χ3v) is 4.77. The molecular formula is C12H15F3N2O2S2. The van der Waals surface area contributed by atoms with Crippen molar-refractivity contribution in [1.29, 1.82) is 0 Å². The quantitative estimate of drug-likeness (QED) is 0.805. The zero-order chi connectivity index (χ0) is 16.3. The molecule has 0 aromatic heterocycles. The van der Waals surface area contributed by atoms with E-state index in [-0.39, 0.29) is 11.5 Å². The van der Waals surface area contributed by atoms with Crippen LogP contribution < -0.4 is 5.73 Å². The van der Waals surface area contributed by atoms with Crippen LogP contribution in [-0.2, 0) is 15.8 Å². The van der Waals surface area contributed by atoms with Crippen LogP contribution in [0.15, 0.2) is 24.3 Å². The number of alkyl halides is 3. The van der Waals surface area contributed by atoms with Gasteiger partial charge in [0.1, 0.15) is 11.5 Å². The van der Waals surface area contributed by atoms with Crippen molar-refractivity contribution in [1.82, 2.24) is 4.31 Å². The van der Waals surface area contributed by atoms with E-state index in [1.54, 1.807) is 12.1 Å². The highest BCUT2D eigenvalue weighted by atomic mass is 32.2. The molecule has 0 aliphatic rings. The molecule has 0 aliphatic carbocycles. The van der Waals surface area contributed by atoms with Gasteiger partial charge in [0.05, 0.1) is 5.75 Å². The van der Waals surface area contributed by atoms with Crippen LogP contribution >= 0.6 is 12.2 Å². The number of halogens is 3. The number of thiocarbonyl (C=S) groups is 1. The first-order chi connectivity index (χ1) is 9.55. The topological polar surface area (TPSA) is 63.4 Å². The Morgan fingerprint density at radius 2 is 2.00 bits per heavy atom. The van der Waals surface area contributed by atoms with Gasteiger partial charge in [0.25, 0.3) is 0 Å². The van der Waals surface area contributed by atoms with Gasteiger partial charge in [-0.05, 0) is 11.6 Å². The lowest BCUT2D eigenvalue weighted by Crippen LogP contribution is -2.39. The van der Waals surface area contributed by atoms with Crippen molar-refractivity contribution in [3.05, 3.63) is 35.4 Å². The molecule has 0 aliphatic heterocycles. The number of hydrogen-bond acceptors (Lipinski definition) is 3. The molecule has 0 amide bonds. The number of sulfonamides is 1. The van der Waals surface area contributed by atoms with Crippen molar-refractivity contribution in [2.45, 2.75) is 18.9 Å². The van der Waals surface area contributed by atoms with Crippen molar-refractivity contribution in [3.63, 3.8) is 0 Å². The van der Waals surface area contributed by atoms with E-state index in [9.17, 15) is 21.6 Å². The fraction of sp³-hybridized carbons (Fsp3) is 0.417. The summed E-state index contributed by atoms with van der Waals surface area (Å²) in [7, 11) is -4.07. The average molecular weight is 340 g/mol. The van der Waals surface area contributed by atoms with Crippen LogP contribution in [0.25, 0.3) is 0 Å². The Labute approximate surface area is 126 Å². The van der Waals surface area contributed by atoms with E-state index < -0.39 is 28.5 Å². The molecule has 0 unspecified atom stereocenters. The van der Waals surface area contributed by atoms with Crippen molar-refractivity contribution in [3.8, 4) is 0 Å². The monoisotopic (exact) mass is 340 g/mol. The average Bonchev–Trinajstić information content (AvgIpc) is 2.34. The molecule has 1 rings (SSSR count). The molecule has 0 saturated carbocycles. The SMILES string of the molecule is CCN(CC(F)(F)F)S(=O)(=O)Cc1cccc(C(N)=S)c1. The molecule has 0 fully saturated rings. The van der Waals surface area contributed by atoms with E-state index in [2.05, 4.69) is 0 Å². The second-order valence-corrected chi connectivity index (χ2v) is 6.77. The number of rotatable bonds is 6. The third kappa shape index (κ3) is 5.60. The lowest BCUT2D eigenvalue weighted by molar-refractivity contribution is -0.135. The van der Waals surface area contributed by atoms with Crippen LogP contribution in [0.2, 0.25) is 0 Å². The molecule has 2 N–H and O–H groups in total. The summed E-state index contributed by atoms with van der Waals surface area (Å²) in [5.41, 5.74) is 6.24. The van der Waals surface area contributed by atoms with Gasteiger partial charge in [-0.3, -0.25) is 0 Å². The molecule has 118 valence electrons. The summed E-state index contributed by atoms with van der Waals surface area (Å²) in [6.07, 6.45) is -4.58. The maximum absolute atomic E-state index is 12.4. The Hall–Kier alpha value is -1.19. The van der Waals surface area contributed by atoms with E-state index in [1.165, 1.54) is 19.1 Å². The standard InChI is InChI=1S/C12H15F3N2O2S2/c1-2-17(8-12(13,14)15)21(18,19)7-9-4-3-5-10(6-9)11(16)20/h3-6H,2,7-8H2,1H3,(H2,16,20). The molecular weight excluding hydrogens is 325 g/mol. The van der Waals surface area contributed by atoms with Gasteiger partial charge < -0.3 is 5.73 Å². The lowest BCUT2D eigenvalue weighted by Gasteiger charge is -2.21. The summed E-state index contributed by atoms with van der Waals surface area (Å²) < 4.78 is 61.7. The van der Waals surface area contributed by atoms with Crippen LogP contribution in [0.3, 0.4) is 0 Å². The summed E-state index contributed by atoms with van der Waals surface area (Å²) in [5.74, 6) is -0.534. The van der Waals surface area contributed by atoms with Crippen LogP contribution in [0.4, 0.5) is 13.2 Å². The number of nitrogens with two attached hydrogens (primary N) is 1. The number of hydrogen-bond donors (Lipinski definition) is 1. The predicted molar refractivity (Wildman–Crippen MR) is 78.3 cm³/mol. The van der Waals surface area contributed by atoms with E-state index >= 15 is 0 Å². The summed E-state index contributed by atoms with van der Waals surface area (Å²) in [4.78, 5) is 0.0943. The molecule has 0 spiro atoms. The third-order valence-electron chi connectivity index (χ3n) is 2.66. The zero-order valence-electron chi connectivity index (χ0n) is 11.2. The lowest BCUT2D eigenvalue weighted by atomic mass is 10.1. The molecule has 0 saturated heterocycles. The Balaban J connectivity index is 2.98. The molecule has 9 heteroatoms. The highest BCUT2D eigenvalue weighted by Gasteiger charge is 2.35. The highest BCUT2D eigenvalue weighted by molar-refractivity contribution is 7.88. The maximum Gasteiger partial charge on any atom is 0.402 e. The zero-order valence-corrected chi connectivity index (χ0v) is 12.9. The fourth-order valence-electron chi connectivity index (χ4n) is 1.72. The molecule has 1 aromatic rings. The van der Waals surface area contributed by atoms with Gasteiger partial charge in [0.15, 0.2) is 0 Å². The molecule has 4 nitrogen and oxygen atoms in total. The molecule has 0 radical (unpaired) electrons. The Morgan fingerprint density at radius 1 is 1.38 bits per heavy atom. The molecule has 0 heterocycles. The van der Waals surface area contributed by atoms with Gasteiger partial charge >= 0.3 is 6.18 Å². The van der Waals surface area contributed by atoms with Crippen LogP contribution in [-0.4, -0.2) is 37.0 Å². The van der Waals surface area contributed by atoms with Gasteiger partial charge in [0.2, 0.25) is 10.0 Å². The van der Waals surface area contributed by atoms with Crippen LogP contribution in [0.1, 0.15) is 18.1 Å². The summed E-state index contributed by atoms with van der Waals surface area (Å²) in [6.45, 7) is -0.396. The van der Waals surface area contributed by atoms with Gasteiger partial charge in [-0.1, -0.05) is 37.3 Å². The smallest absolute Gasteiger partial charge is 0.389 e. The first-order valence-corrected chi connectivity index (χ1v) is 8.00. The summed E-state index contributed by atoms with van der Waals surface area (Å²) >= 11 is 4.78. The number of benzene rings is 1. The first-order valence-electron chi connectivity index (χ1n) is 5.98. The second-order valence-electron chi connectivity index (χ2n) is 4.36. The van der Waals surface area contributed by atoms with Gasteiger partial charge in [-0.2, -0.15) is 17.5 Å². The van der Waals surface area contributed by atoms with Crippen molar-refractivity contribution >= 4 is 27.2 Å². The van der Waals surface area contributed by atoms with E-state index in [1.807, 2.05) is 0 Å². The largest absolute Gasteiger partial charge is 0.402 e. The molecule has 21 heavy (non-hydrogen) atoms. The molecule has 0 atom stereocenters. The Kier molecular flexibility index (Phi) is 5.71. The van der Waals surface area contributed by atoms with Crippen LogP contribution in [0, 0.1) is 0 Å². The minimum absolute atomic E-state index is 0.0943. The van der Waals surface area contributed by atoms with E-state index in [0.717, 1.165) is 0 Å². The van der Waals surface area contributed by atoms with Crippen LogP contribution in [0.5, 0.6) is 0 Å². The Morgan fingerprint density at radius 3 is 2.48 bits per heavy atom. The van der Waals surface area contributed by atoms with Crippen molar-refractivity contribution in [2.24, 2.45) is 5.73 Å². The molecule has 1 aromatic carbocycles. The normalized spacial score (nSPS) is 12.6. The van der Waals surface area contributed by atoms with Gasteiger partial charge in [0, 0.05) is 12.1 Å². The predicted octanol–water partition coefficient (Wildman–Crippen LogP) is 2.03. The molecule has 0 bridgehead atoms. The maximum atomic E-state index is 12.4. The van der Waals surface area contributed by atoms with Crippen molar-refractivity contribution in [2.75, 3.05) is 13.1 Å². The van der Waals surface area contributed by atoms with Gasteiger partial charge in [-0.15, -0.1) is 0 Å². The van der Waals surface area contributed by atoms with E-state index in [0.29, 0.717) is 15.4 Å². The first kappa shape index (κ1) is 17.9. The minimum Gasteiger partial charge on any atom is -0.389 e. The Bertz CT molecular complexity index is 615. The van der Waals surface area contributed by atoms with E-state index in [4.69, 9.17) is 18.0 Å². The number of nitrogens with zero attached hydrogens (tertiary/aromatic N) is 1. The highest BCUT2D eigenvalue weighted by Crippen LogP contribution is 2.20. The van der Waals surface area contributed by atoms with Gasteiger partial charge in [-0.25, -0.2) is 8.42 Å². The van der Waals surface area contributed by atoms with Crippen molar-refractivity contribution < 1.29 is 21.6 Å². The minimum atomic E-state index is -4.58. The summed E-state index contributed by atoms with van der Waals surface area (Å²) in [6, 6.07) is 6.12. The summed E-state index contributed by atoms with van der Waals surface area (Å²) in [5, 5.41) is 0.